The second-order valence-corrected chi connectivity index (χ2v) is 8.22. The maximum atomic E-state index is 13.0. The highest BCUT2D eigenvalue weighted by molar-refractivity contribution is 5.91. The average Bonchev–Trinajstić information content (AvgIpc) is 3.12. The van der Waals surface area contributed by atoms with Crippen molar-refractivity contribution in [2.75, 3.05) is 0 Å². The van der Waals surface area contributed by atoms with E-state index in [-0.39, 0.29) is 5.56 Å². The molecule has 7 heteroatoms. The molecule has 0 radical (unpaired) electrons. The van der Waals surface area contributed by atoms with E-state index in [1.807, 2.05) is 81.4 Å². The minimum atomic E-state index is -0.423. The van der Waals surface area contributed by atoms with Crippen LogP contribution < -0.4 is 5.56 Å². The maximum absolute atomic E-state index is 13.0. The van der Waals surface area contributed by atoms with Crippen LogP contribution in [0.2, 0.25) is 0 Å². The van der Waals surface area contributed by atoms with E-state index < -0.39 is 5.41 Å². The van der Waals surface area contributed by atoms with E-state index in [4.69, 9.17) is 9.97 Å². The Hall–Kier alpha value is -3.87. The molecule has 7 nitrogen and oxygen atoms in total. The van der Waals surface area contributed by atoms with Crippen molar-refractivity contribution < 1.29 is 0 Å². The molecule has 0 fully saturated rings. The van der Waals surface area contributed by atoms with Gasteiger partial charge in [0.25, 0.3) is 5.56 Å². The molecule has 148 valence electrons. The van der Waals surface area contributed by atoms with Gasteiger partial charge in [0.1, 0.15) is 5.69 Å². The molecule has 3 aromatic heterocycles. The Morgan fingerprint density at radius 2 is 1.37 bits per heavy atom. The molecule has 0 aliphatic heterocycles. The van der Waals surface area contributed by atoms with Gasteiger partial charge in [-0.25, -0.2) is 9.97 Å². The van der Waals surface area contributed by atoms with E-state index in [2.05, 4.69) is 15.3 Å². The SMILES string of the molecule is CC(C)(C)c1nnc2c3nc(-c4ccccc4)c(-c4ccccc4)nc3[nH]n2c1=O. The summed E-state index contributed by atoms with van der Waals surface area (Å²) in [4.78, 5) is 22.8. The molecule has 5 rings (SSSR count). The number of H-pyrrole nitrogens is 1. The number of aromatic amines is 1. The fourth-order valence-electron chi connectivity index (χ4n) is 3.48. The summed E-state index contributed by atoms with van der Waals surface area (Å²) in [6.45, 7) is 5.81. The molecule has 5 aromatic rings. The minimum Gasteiger partial charge on any atom is -0.271 e. The summed E-state index contributed by atoms with van der Waals surface area (Å²) in [5.41, 5.74) is 4.44. The van der Waals surface area contributed by atoms with Gasteiger partial charge in [0, 0.05) is 16.5 Å². The number of benzene rings is 2. The molecular formula is C23H20N6O. The number of hydrogen-bond donors (Lipinski definition) is 1. The van der Waals surface area contributed by atoms with Gasteiger partial charge in [-0.2, -0.15) is 4.52 Å². The van der Waals surface area contributed by atoms with E-state index in [0.29, 0.717) is 22.5 Å². The zero-order valence-electron chi connectivity index (χ0n) is 16.9. The molecule has 0 aliphatic rings. The molecule has 0 atom stereocenters. The minimum absolute atomic E-state index is 0.241. The molecule has 3 heterocycles. The van der Waals surface area contributed by atoms with E-state index in [1.54, 1.807) is 0 Å². The number of nitrogens with one attached hydrogen (secondary N) is 1. The van der Waals surface area contributed by atoms with Gasteiger partial charge in [0.05, 0.1) is 11.4 Å². The van der Waals surface area contributed by atoms with Crippen molar-refractivity contribution in [3.8, 4) is 22.5 Å². The van der Waals surface area contributed by atoms with Crippen LogP contribution in [0, 0.1) is 0 Å². The van der Waals surface area contributed by atoms with Crippen LogP contribution in [-0.4, -0.2) is 29.8 Å². The molecule has 0 saturated heterocycles. The van der Waals surface area contributed by atoms with Gasteiger partial charge in [-0.3, -0.25) is 9.89 Å². The molecule has 30 heavy (non-hydrogen) atoms. The van der Waals surface area contributed by atoms with Crippen molar-refractivity contribution in [1.82, 2.24) is 29.8 Å². The number of fused-ring (bicyclic) bond motifs is 3. The number of rotatable bonds is 2. The van der Waals surface area contributed by atoms with Crippen molar-refractivity contribution in [3.63, 3.8) is 0 Å². The van der Waals surface area contributed by atoms with Crippen molar-refractivity contribution in [1.29, 1.82) is 0 Å². The summed E-state index contributed by atoms with van der Waals surface area (Å²) in [7, 11) is 0. The van der Waals surface area contributed by atoms with Crippen molar-refractivity contribution in [2.24, 2.45) is 0 Å². The Balaban J connectivity index is 1.86. The van der Waals surface area contributed by atoms with E-state index in [1.165, 1.54) is 4.52 Å². The maximum Gasteiger partial charge on any atom is 0.295 e. The molecule has 0 spiro atoms. The molecular weight excluding hydrogens is 376 g/mol. The molecule has 1 N–H and O–H groups in total. The lowest BCUT2D eigenvalue weighted by molar-refractivity contribution is 0.542. The van der Waals surface area contributed by atoms with Crippen LogP contribution >= 0.6 is 0 Å². The zero-order valence-corrected chi connectivity index (χ0v) is 16.9. The third-order valence-corrected chi connectivity index (χ3v) is 4.99. The Bertz CT molecular complexity index is 1430. The summed E-state index contributed by atoms with van der Waals surface area (Å²) >= 11 is 0. The predicted molar refractivity (Wildman–Crippen MR) is 116 cm³/mol. The summed E-state index contributed by atoms with van der Waals surface area (Å²) in [5.74, 6) is 0. The average molecular weight is 396 g/mol. The monoisotopic (exact) mass is 396 g/mol. The Morgan fingerprint density at radius 3 is 1.93 bits per heavy atom. The van der Waals surface area contributed by atoms with E-state index >= 15 is 0 Å². The molecule has 0 unspecified atom stereocenters. The van der Waals surface area contributed by atoms with Crippen LogP contribution in [0.1, 0.15) is 26.5 Å². The van der Waals surface area contributed by atoms with Gasteiger partial charge in [0.2, 0.25) is 5.65 Å². The summed E-state index contributed by atoms with van der Waals surface area (Å²) < 4.78 is 1.39. The van der Waals surface area contributed by atoms with Crippen LogP contribution in [-0.2, 0) is 5.41 Å². The van der Waals surface area contributed by atoms with Gasteiger partial charge in [0.15, 0.2) is 11.2 Å². The first kappa shape index (κ1) is 18.2. The van der Waals surface area contributed by atoms with Crippen molar-refractivity contribution >= 4 is 16.8 Å². The molecule has 0 bridgehead atoms. The van der Waals surface area contributed by atoms with Crippen molar-refractivity contribution in [3.05, 3.63) is 76.7 Å². The van der Waals surface area contributed by atoms with Crippen molar-refractivity contribution in [2.45, 2.75) is 26.2 Å². The highest BCUT2D eigenvalue weighted by atomic mass is 16.1. The van der Waals surface area contributed by atoms with E-state index in [0.717, 1.165) is 22.5 Å². The fourth-order valence-corrected chi connectivity index (χ4v) is 3.48. The van der Waals surface area contributed by atoms with Gasteiger partial charge < -0.3 is 0 Å². The van der Waals surface area contributed by atoms with Gasteiger partial charge in [-0.15, -0.1) is 10.2 Å². The number of hydrogen-bond acceptors (Lipinski definition) is 5. The standard InChI is InChI=1S/C23H20N6O/c1-23(2,3)19-22(30)29-21(27-26-19)18-20(28-29)25-17(15-12-8-5-9-13-15)16(24-18)14-10-6-4-7-11-14/h4-13H,1-3H3,(H,25,28). The lowest BCUT2D eigenvalue weighted by Crippen LogP contribution is -2.30. The largest absolute Gasteiger partial charge is 0.295 e. The van der Waals surface area contributed by atoms with E-state index in [9.17, 15) is 4.79 Å². The molecule has 2 aromatic carbocycles. The fraction of sp³-hybridized carbons (Fsp3) is 0.174. The first-order valence-corrected chi connectivity index (χ1v) is 9.74. The third kappa shape index (κ3) is 2.86. The smallest absolute Gasteiger partial charge is 0.271 e. The molecule has 0 aliphatic carbocycles. The quantitative estimate of drug-likeness (QED) is 0.487. The third-order valence-electron chi connectivity index (χ3n) is 4.99. The highest BCUT2D eigenvalue weighted by Gasteiger charge is 2.24. The lowest BCUT2D eigenvalue weighted by atomic mass is 9.93. The Labute approximate surface area is 172 Å². The summed E-state index contributed by atoms with van der Waals surface area (Å²) in [6, 6.07) is 19.8. The molecule has 0 amide bonds. The predicted octanol–water partition coefficient (Wildman–Crippen LogP) is 3.99. The highest BCUT2D eigenvalue weighted by Crippen LogP contribution is 2.31. The first-order chi connectivity index (χ1) is 14.4. The number of nitrogens with zero attached hydrogens (tertiary/aromatic N) is 5. The second kappa shape index (κ2) is 6.59. The lowest BCUT2D eigenvalue weighted by Gasteiger charge is -2.14. The molecule has 0 saturated carbocycles. The number of aromatic nitrogens is 6. The Morgan fingerprint density at radius 1 is 0.800 bits per heavy atom. The van der Waals surface area contributed by atoms with Crippen LogP contribution in [0.25, 0.3) is 39.3 Å². The summed E-state index contributed by atoms with van der Waals surface area (Å²) in [5, 5.41) is 11.6. The van der Waals surface area contributed by atoms with Gasteiger partial charge >= 0.3 is 0 Å². The van der Waals surface area contributed by atoms with Gasteiger partial charge in [-0.05, 0) is 0 Å². The summed E-state index contributed by atoms with van der Waals surface area (Å²) in [6.07, 6.45) is 0. The van der Waals surface area contributed by atoms with Crippen LogP contribution in [0.3, 0.4) is 0 Å². The topological polar surface area (TPSA) is 88.8 Å². The normalized spacial score (nSPS) is 12.0. The van der Waals surface area contributed by atoms with Crippen LogP contribution in [0.5, 0.6) is 0 Å². The Kier molecular flexibility index (Phi) is 3.99. The van der Waals surface area contributed by atoms with Crippen LogP contribution in [0.15, 0.2) is 65.5 Å². The van der Waals surface area contributed by atoms with Gasteiger partial charge in [-0.1, -0.05) is 81.4 Å². The second-order valence-electron chi connectivity index (χ2n) is 8.22. The van der Waals surface area contributed by atoms with Crippen LogP contribution in [0.4, 0.5) is 0 Å². The zero-order chi connectivity index (χ0) is 20.9. The first-order valence-electron chi connectivity index (χ1n) is 9.74.